The second-order valence-corrected chi connectivity index (χ2v) is 7.50. The van der Waals surface area contributed by atoms with Crippen molar-refractivity contribution in [2.75, 3.05) is 18.1 Å². The first-order valence-corrected chi connectivity index (χ1v) is 10.1. The van der Waals surface area contributed by atoms with Gasteiger partial charge in [-0.1, -0.05) is 30.1 Å². The number of nitrogens with one attached hydrogen (secondary N) is 1. The summed E-state index contributed by atoms with van der Waals surface area (Å²) in [7, 11) is 0. The zero-order valence-electron chi connectivity index (χ0n) is 15.4. The summed E-state index contributed by atoms with van der Waals surface area (Å²) in [5.74, 6) is 0.101. The zero-order chi connectivity index (χ0) is 18.8. The summed E-state index contributed by atoms with van der Waals surface area (Å²) in [6.45, 7) is 4.03. The average molecular weight is 380 g/mol. The molecule has 6 heteroatoms. The van der Waals surface area contributed by atoms with Crippen LogP contribution in [0.5, 0.6) is 0 Å². The van der Waals surface area contributed by atoms with E-state index < -0.39 is 5.82 Å². The lowest BCUT2D eigenvalue weighted by Gasteiger charge is -2.28. The van der Waals surface area contributed by atoms with Crippen LogP contribution in [-0.4, -0.2) is 27.1 Å². The molecule has 0 bridgehead atoms. The Morgan fingerprint density at radius 2 is 1.96 bits per heavy atom. The number of rotatable bonds is 4. The number of nitrogens with zero attached hydrogens (tertiary/aromatic N) is 3. The Bertz CT molecular complexity index is 959. The molecule has 2 aromatic carbocycles. The Kier molecular flexibility index (Phi) is 5.09. The lowest BCUT2D eigenvalue weighted by Crippen LogP contribution is -2.24. The van der Waals surface area contributed by atoms with Crippen molar-refractivity contribution < 1.29 is 4.39 Å². The molecule has 1 aliphatic heterocycles. The van der Waals surface area contributed by atoms with E-state index in [4.69, 9.17) is 0 Å². The van der Waals surface area contributed by atoms with Crippen LogP contribution in [0.1, 0.15) is 16.7 Å². The predicted octanol–water partition coefficient (Wildman–Crippen LogP) is 4.97. The molecule has 0 amide bonds. The molecule has 27 heavy (non-hydrogen) atoms. The number of aromatic nitrogens is 2. The van der Waals surface area contributed by atoms with Crippen molar-refractivity contribution >= 4 is 23.3 Å². The molecule has 2 heterocycles. The summed E-state index contributed by atoms with van der Waals surface area (Å²) in [5, 5.41) is 3.56. The van der Waals surface area contributed by atoms with Crippen molar-refractivity contribution in [1.29, 1.82) is 0 Å². The molecule has 3 aromatic rings. The van der Waals surface area contributed by atoms with Crippen LogP contribution < -0.4 is 5.32 Å². The first-order chi connectivity index (χ1) is 13.1. The van der Waals surface area contributed by atoms with Crippen LogP contribution in [-0.2, 0) is 13.0 Å². The molecule has 1 N–H and O–H groups in total. The summed E-state index contributed by atoms with van der Waals surface area (Å²) in [4.78, 5) is 8.25. The van der Waals surface area contributed by atoms with Crippen molar-refractivity contribution in [2.24, 2.45) is 0 Å². The highest BCUT2D eigenvalue weighted by molar-refractivity contribution is 7.96. The van der Waals surface area contributed by atoms with Crippen LogP contribution in [0.3, 0.4) is 0 Å². The van der Waals surface area contributed by atoms with Gasteiger partial charge in [-0.25, -0.2) is 18.7 Å². The monoisotopic (exact) mass is 380 g/mol. The molecule has 0 fully saturated rings. The molecule has 0 unspecified atom stereocenters. The molecule has 0 radical (unpaired) electrons. The minimum absolute atomic E-state index is 0.430. The number of hydrogen-bond donors (Lipinski definition) is 1. The van der Waals surface area contributed by atoms with Crippen LogP contribution in [0.25, 0.3) is 11.4 Å². The van der Waals surface area contributed by atoms with Gasteiger partial charge in [0, 0.05) is 30.0 Å². The van der Waals surface area contributed by atoms with Gasteiger partial charge < -0.3 is 5.32 Å². The third-order valence-corrected chi connectivity index (χ3v) is 5.70. The van der Waals surface area contributed by atoms with Gasteiger partial charge in [0.05, 0.1) is 12.4 Å². The van der Waals surface area contributed by atoms with Crippen LogP contribution in [0.4, 0.5) is 15.8 Å². The molecular weight excluding hydrogens is 359 g/mol. The summed E-state index contributed by atoms with van der Waals surface area (Å²) < 4.78 is 15.5. The van der Waals surface area contributed by atoms with E-state index in [0.29, 0.717) is 5.82 Å². The molecule has 138 valence electrons. The summed E-state index contributed by atoms with van der Waals surface area (Å²) in [6, 6.07) is 12.5. The largest absolute Gasteiger partial charge is 0.355 e. The van der Waals surface area contributed by atoms with Gasteiger partial charge in [-0.2, -0.15) is 0 Å². The summed E-state index contributed by atoms with van der Waals surface area (Å²) >= 11 is 1.79. The smallest absolute Gasteiger partial charge is 0.159 e. The average Bonchev–Trinajstić information content (AvgIpc) is 2.70. The third kappa shape index (κ3) is 3.82. The van der Waals surface area contributed by atoms with Gasteiger partial charge in [-0.3, -0.25) is 0 Å². The Morgan fingerprint density at radius 1 is 1.15 bits per heavy atom. The van der Waals surface area contributed by atoms with Gasteiger partial charge >= 0.3 is 0 Å². The van der Waals surface area contributed by atoms with Crippen molar-refractivity contribution in [3.05, 3.63) is 71.3 Å². The van der Waals surface area contributed by atoms with Crippen LogP contribution in [0, 0.1) is 12.7 Å². The van der Waals surface area contributed by atoms with Crippen molar-refractivity contribution in [1.82, 2.24) is 14.3 Å². The lowest BCUT2D eigenvalue weighted by molar-refractivity contribution is 0.446. The molecule has 0 saturated heterocycles. The van der Waals surface area contributed by atoms with Crippen LogP contribution in [0.15, 0.2) is 48.8 Å². The minimum atomic E-state index is -0.430. The second kappa shape index (κ2) is 7.66. The highest BCUT2D eigenvalue weighted by Gasteiger charge is 2.18. The zero-order valence-corrected chi connectivity index (χ0v) is 16.2. The number of halogens is 1. The van der Waals surface area contributed by atoms with Crippen LogP contribution >= 0.6 is 11.9 Å². The molecule has 0 aliphatic carbocycles. The minimum Gasteiger partial charge on any atom is -0.355 e. The fourth-order valence-electron chi connectivity index (χ4n) is 3.40. The van der Waals surface area contributed by atoms with Crippen molar-refractivity contribution in [3.63, 3.8) is 0 Å². The molecule has 0 atom stereocenters. The molecule has 1 aliphatic rings. The van der Waals surface area contributed by atoms with Crippen molar-refractivity contribution in [3.8, 4) is 11.4 Å². The molecule has 0 saturated carbocycles. The van der Waals surface area contributed by atoms with E-state index in [0.717, 1.165) is 42.0 Å². The molecule has 0 spiro atoms. The number of benzene rings is 2. The molecule has 4 rings (SSSR count). The first-order valence-electron chi connectivity index (χ1n) is 8.89. The Labute approximate surface area is 163 Å². The van der Waals surface area contributed by atoms with E-state index in [9.17, 15) is 4.39 Å². The number of aryl methyl sites for hydroxylation is 1. The van der Waals surface area contributed by atoms with Gasteiger partial charge in [0.25, 0.3) is 0 Å². The number of fused-ring (bicyclic) bond motifs is 1. The SMILES string of the molecule is CSN1CCc2c(cccc2Nc2ccc(C)c(-c3ncc(F)cn3)c2)C1. The van der Waals surface area contributed by atoms with E-state index in [2.05, 4.69) is 50.1 Å². The number of anilines is 2. The van der Waals surface area contributed by atoms with Gasteiger partial charge in [0.1, 0.15) is 0 Å². The Balaban J connectivity index is 1.64. The van der Waals surface area contributed by atoms with E-state index in [-0.39, 0.29) is 0 Å². The topological polar surface area (TPSA) is 41.0 Å². The molecular formula is C21H21FN4S. The normalized spacial score (nSPS) is 14.0. The third-order valence-electron chi connectivity index (χ3n) is 4.87. The van der Waals surface area contributed by atoms with Gasteiger partial charge in [0.15, 0.2) is 11.6 Å². The maximum atomic E-state index is 13.1. The van der Waals surface area contributed by atoms with E-state index in [1.54, 1.807) is 11.9 Å². The predicted molar refractivity (Wildman–Crippen MR) is 110 cm³/mol. The van der Waals surface area contributed by atoms with E-state index >= 15 is 0 Å². The Morgan fingerprint density at radius 3 is 2.74 bits per heavy atom. The van der Waals surface area contributed by atoms with Gasteiger partial charge in [-0.15, -0.1) is 0 Å². The van der Waals surface area contributed by atoms with Gasteiger partial charge in [-0.05, 0) is 54.5 Å². The second-order valence-electron chi connectivity index (χ2n) is 6.62. The lowest BCUT2D eigenvalue weighted by atomic mass is 9.98. The first kappa shape index (κ1) is 17.9. The summed E-state index contributed by atoms with van der Waals surface area (Å²) in [6.07, 6.45) is 5.55. The highest BCUT2D eigenvalue weighted by atomic mass is 32.2. The summed E-state index contributed by atoms with van der Waals surface area (Å²) in [5.41, 5.74) is 6.82. The van der Waals surface area contributed by atoms with Gasteiger partial charge in [0.2, 0.25) is 0 Å². The molecule has 1 aromatic heterocycles. The molecule has 4 nitrogen and oxygen atoms in total. The van der Waals surface area contributed by atoms with E-state index in [1.807, 2.05) is 19.1 Å². The van der Waals surface area contributed by atoms with Crippen molar-refractivity contribution in [2.45, 2.75) is 19.9 Å². The fourth-order valence-corrected chi connectivity index (χ4v) is 3.95. The van der Waals surface area contributed by atoms with Crippen LogP contribution in [0.2, 0.25) is 0 Å². The van der Waals surface area contributed by atoms with E-state index in [1.165, 1.54) is 23.5 Å². The standard InChI is InChI=1S/C21H21FN4S/c1-14-6-7-17(10-19(14)21-23-11-16(22)12-24-21)25-20-5-3-4-15-13-26(27-2)9-8-18(15)20/h3-7,10-12,25H,8-9,13H2,1-2H3. The fraction of sp³-hybridized carbons (Fsp3) is 0.238. The quantitative estimate of drug-likeness (QED) is 0.647. The number of hydrogen-bond acceptors (Lipinski definition) is 5. The Hall–Kier alpha value is -2.44. The maximum absolute atomic E-state index is 13.1. The highest BCUT2D eigenvalue weighted by Crippen LogP contribution is 2.32. The maximum Gasteiger partial charge on any atom is 0.159 e.